The zero-order valence-electron chi connectivity index (χ0n) is 17.6. The number of benzene rings is 3. The summed E-state index contributed by atoms with van der Waals surface area (Å²) in [5.41, 5.74) is 0.923. The number of anilines is 1. The van der Waals surface area contributed by atoms with Crippen LogP contribution in [0.3, 0.4) is 0 Å². The van der Waals surface area contributed by atoms with Crippen molar-refractivity contribution in [3.05, 3.63) is 60.7 Å². The zero-order chi connectivity index (χ0) is 21.4. The monoisotopic (exact) mass is 440 g/mol. The van der Waals surface area contributed by atoms with Gasteiger partial charge in [-0.15, -0.1) is 0 Å². The summed E-state index contributed by atoms with van der Waals surface area (Å²) >= 11 is 0. The fourth-order valence-corrected chi connectivity index (χ4v) is 6.46. The van der Waals surface area contributed by atoms with E-state index in [2.05, 4.69) is 4.90 Å². The molecule has 0 radical (unpaired) electrons. The maximum Gasteiger partial charge on any atom is 0.161 e. The van der Waals surface area contributed by atoms with Crippen LogP contribution in [-0.2, 0) is 0 Å². The van der Waals surface area contributed by atoms with Crippen molar-refractivity contribution in [1.82, 2.24) is 4.90 Å². The van der Waals surface area contributed by atoms with Crippen LogP contribution < -0.4 is 13.8 Å². The van der Waals surface area contributed by atoms with Crippen molar-refractivity contribution in [1.29, 1.82) is 0 Å². The van der Waals surface area contributed by atoms with Crippen molar-refractivity contribution in [2.75, 3.05) is 37.6 Å². The lowest BCUT2D eigenvalue weighted by atomic mass is 10.1. The number of para-hydroxylation sites is 2. The van der Waals surface area contributed by atoms with E-state index < -0.39 is 10.8 Å². The van der Waals surface area contributed by atoms with Crippen molar-refractivity contribution in [3.8, 4) is 11.5 Å². The second kappa shape index (κ2) is 8.24. The molecule has 2 N–H and O–H groups in total. The Morgan fingerprint density at radius 2 is 1.74 bits per heavy atom. The van der Waals surface area contributed by atoms with E-state index in [9.17, 15) is 9.11 Å². The van der Waals surface area contributed by atoms with Crippen molar-refractivity contribution in [2.45, 2.75) is 23.8 Å². The standard InChI is InChI=1S/C24H28N2O4S/c1-29-21-10-2-3-11-22(21)30-19-13-16-25(17-19)14-6-15-26-20-9-4-7-18-8-5-12-23(24(18)20)31(26,27)28/h2-5,7-12,19,27-28H,6,13-17H2,1H3. The van der Waals surface area contributed by atoms with Crippen LogP contribution in [-0.4, -0.2) is 53.4 Å². The average Bonchev–Trinajstić information content (AvgIpc) is 3.31. The molecule has 0 amide bonds. The van der Waals surface area contributed by atoms with E-state index in [-0.39, 0.29) is 6.10 Å². The van der Waals surface area contributed by atoms with Crippen LogP contribution in [0, 0.1) is 0 Å². The smallest absolute Gasteiger partial charge is 0.161 e. The zero-order valence-corrected chi connectivity index (χ0v) is 18.4. The minimum atomic E-state index is -2.98. The Balaban J connectivity index is 1.19. The molecule has 0 aromatic heterocycles. The second-order valence-corrected chi connectivity index (χ2v) is 10.0. The summed E-state index contributed by atoms with van der Waals surface area (Å²) in [4.78, 5) is 3.03. The molecule has 0 aliphatic carbocycles. The summed E-state index contributed by atoms with van der Waals surface area (Å²) in [5, 5.41) is 2.02. The first kappa shape index (κ1) is 20.5. The normalized spacial score (nSPS) is 20.9. The van der Waals surface area contributed by atoms with Gasteiger partial charge in [-0.3, -0.25) is 18.3 Å². The van der Waals surface area contributed by atoms with Gasteiger partial charge in [0.15, 0.2) is 11.5 Å². The molecule has 1 saturated heterocycles. The van der Waals surface area contributed by atoms with Gasteiger partial charge in [-0.2, -0.15) is 0 Å². The summed E-state index contributed by atoms with van der Waals surface area (Å²) < 4.78 is 35.3. The largest absolute Gasteiger partial charge is 0.493 e. The van der Waals surface area contributed by atoms with Crippen molar-refractivity contribution in [3.63, 3.8) is 0 Å². The van der Waals surface area contributed by atoms with Crippen molar-refractivity contribution in [2.24, 2.45) is 0 Å². The first-order valence-electron chi connectivity index (χ1n) is 10.7. The first-order valence-corrected chi connectivity index (χ1v) is 12.2. The lowest BCUT2D eigenvalue weighted by molar-refractivity contribution is 0.192. The Hall–Kier alpha value is -2.45. The maximum absolute atomic E-state index is 11.0. The van der Waals surface area contributed by atoms with Crippen LogP contribution in [0.25, 0.3) is 10.8 Å². The third-order valence-corrected chi connectivity index (χ3v) is 8.07. The molecule has 1 atom stereocenters. The summed E-state index contributed by atoms with van der Waals surface area (Å²) in [6.07, 6.45) is 1.96. The van der Waals surface area contributed by atoms with Gasteiger partial charge in [-0.1, -0.05) is 47.2 Å². The Morgan fingerprint density at radius 3 is 2.55 bits per heavy atom. The Morgan fingerprint density at radius 1 is 0.968 bits per heavy atom. The molecule has 0 bridgehead atoms. The Bertz CT molecular complexity index is 1080. The average molecular weight is 441 g/mol. The van der Waals surface area contributed by atoms with Gasteiger partial charge in [0.1, 0.15) is 6.10 Å². The van der Waals surface area contributed by atoms with E-state index in [1.54, 1.807) is 11.4 Å². The van der Waals surface area contributed by atoms with E-state index in [4.69, 9.17) is 9.47 Å². The molecule has 2 heterocycles. The van der Waals surface area contributed by atoms with Crippen molar-refractivity contribution < 1.29 is 18.6 Å². The fraction of sp³-hybridized carbons (Fsp3) is 0.333. The van der Waals surface area contributed by atoms with Crippen LogP contribution in [0.15, 0.2) is 65.6 Å². The molecule has 164 valence electrons. The van der Waals surface area contributed by atoms with Crippen LogP contribution in [0.2, 0.25) is 0 Å². The SMILES string of the molecule is COc1ccccc1OC1CCN(CCCN2c3cccc4cccc(c34)S2(O)O)C1. The highest BCUT2D eigenvalue weighted by Crippen LogP contribution is 2.63. The third kappa shape index (κ3) is 3.72. The van der Waals surface area contributed by atoms with E-state index in [0.717, 1.165) is 60.4 Å². The highest BCUT2D eigenvalue weighted by molar-refractivity contribution is 8.26. The van der Waals surface area contributed by atoms with E-state index in [0.29, 0.717) is 11.4 Å². The molecule has 0 saturated carbocycles. The maximum atomic E-state index is 11.0. The number of hydrogen-bond acceptors (Lipinski definition) is 6. The molecule has 2 aliphatic rings. The highest BCUT2D eigenvalue weighted by atomic mass is 32.3. The van der Waals surface area contributed by atoms with Gasteiger partial charge in [0.25, 0.3) is 0 Å². The number of hydrogen-bond donors (Lipinski definition) is 2. The molecule has 1 unspecified atom stereocenters. The van der Waals surface area contributed by atoms with Gasteiger partial charge >= 0.3 is 0 Å². The lowest BCUT2D eigenvalue weighted by Crippen LogP contribution is -2.30. The molecule has 1 fully saturated rings. The number of rotatable bonds is 7. The Labute approximate surface area is 184 Å². The fourth-order valence-electron chi connectivity index (χ4n) is 4.66. The highest BCUT2D eigenvalue weighted by Gasteiger charge is 2.35. The molecule has 3 aromatic rings. The summed E-state index contributed by atoms with van der Waals surface area (Å²) in [7, 11) is -1.32. The number of likely N-dealkylation sites (tertiary alicyclic amines) is 1. The van der Waals surface area contributed by atoms with Gasteiger partial charge in [0.05, 0.1) is 17.7 Å². The summed E-state index contributed by atoms with van der Waals surface area (Å²) in [6.45, 7) is 3.34. The van der Waals surface area contributed by atoms with Gasteiger partial charge in [0, 0.05) is 31.6 Å². The first-order chi connectivity index (χ1) is 15.1. The molecule has 31 heavy (non-hydrogen) atoms. The summed E-state index contributed by atoms with van der Waals surface area (Å²) in [5.74, 6) is 1.54. The minimum absolute atomic E-state index is 0.140. The van der Waals surface area contributed by atoms with Gasteiger partial charge < -0.3 is 9.47 Å². The van der Waals surface area contributed by atoms with E-state index in [1.165, 1.54) is 0 Å². The predicted molar refractivity (Wildman–Crippen MR) is 125 cm³/mol. The van der Waals surface area contributed by atoms with Gasteiger partial charge in [-0.25, -0.2) is 0 Å². The van der Waals surface area contributed by atoms with Gasteiger partial charge in [-0.05, 0) is 42.5 Å². The molecular formula is C24H28N2O4S. The topological polar surface area (TPSA) is 65.4 Å². The molecule has 5 rings (SSSR count). The molecule has 0 spiro atoms. The molecule has 6 nitrogen and oxygen atoms in total. The van der Waals surface area contributed by atoms with E-state index in [1.807, 2.05) is 60.7 Å². The van der Waals surface area contributed by atoms with E-state index >= 15 is 0 Å². The second-order valence-electron chi connectivity index (χ2n) is 8.09. The number of ether oxygens (including phenoxy) is 2. The minimum Gasteiger partial charge on any atom is -0.493 e. The molecule has 7 heteroatoms. The molecular weight excluding hydrogens is 412 g/mol. The molecule has 3 aromatic carbocycles. The Kier molecular flexibility index (Phi) is 5.44. The van der Waals surface area contributed by atoms with Crippen LogP contribution in [0.1, 0.15) is 12.8 Å². The van der Waals surface area contributed by atoms with Crippen LogP contribution in [0.5, 0.6) is 11.5 Å². The quantitative estimate of drug-likeness (QED) is 0.524. The molecule has 2 aliphatic heterocycles. The lowest BCUT2D eigenvalue weighted by Gasteiger charge is -2.39. The van der Waals surface area contributed by atoms with Gasteiger partial charge in [0.2, 0.25) is 0 Å². The predicted octanol–water partition coefficient (Wildman–Crippen LogP) is 5.24. The third-order valence-electron chi connectivity index (χ3n) is 6.14. The summed E-state index contributed by atoms with van der Waals surface area (Å²) in [6, 6.07) is 19.5. The van der Waals surface area contributed by atoms with Crippen molar-refractivity contribution >= 4 is 27.2 Å². The number of methoxy groups -OCH3 is 1. The van der Waals surface area contributed by atoms with Crippen LogP contribution in [0.4, 0.5) is 5.69 Å². The number of nitrogens with zero attached hydrogens (tertiary/aromatic N) is 2. The van der Waals surface area contributed by atoms with Crippen LogP contribution >= 0.6 is 10.8 Å².